The third-order valence-electron chi connectivity index (χ3n) is 3.57. The van der Waals surface area contributed by atoms with Crippen LogP contribution in [-0.4, -0.2) is 11.7 Å². The van der Waals surface area contributed by atoms with Gasteiger partial charge in [-0.15, -0.1) is 0 Å². The summed E-state index contributed by atoms with van der Waals surface area (Å²) in [5, 5.41) is 0. The molecule has 1 unspecified atom stereocenters. The van der Waals surface area contributed by atoms with Crippen molar-refractivity contribution in [2.75, 3.05) is 0 Å². The van der Waals surface area contributed by atoms with Gasteiger partial charge in [0.25, 0.3) is 0 Å². The number of hydrogen-bond acceptors (Lipinski definition) is 1. The van der Waals surface area contributed by atoms with E-state index in [4.69, 9.17) is 5.73 Å². The fourth-order valence-corrected chi connectivity index (χ4v) is 2.53. The highest BCUT2D eigenvalue weighted by atomic mass is 19.1. The van der Waals surface area contributed by atoms with Gasteiger partial charge in [0.2, 0.25) is 0 Å². The molecule has 1 fully saturated rings. The van der Waals surface area contributed by atoms with Crippen molar-refractivity contribution in [2.24, 2.45) is 17.6 Å². The van der Waals surface area contributed by atoms with E-state index in [1.54, 1.807) is 0 Å². The Balaban J connectivity index is 2.48. The summed E-state index contributed by atoms with van der Waals surface area (Å²) >= 11 is 0. The van der Waals surface area contributed by atoms with Crippen LogP contribution in [0.2, 0.25) is 0 Å². The molecule has 0 radical (unpaired) electrons. The van der Waals surface area contributed by atoms with Crippen LogP contribution in [0.15, 0.2) is 0 Å². The van der Waals surface area contributed by atoms with E-state index in [0.717, 1.165) is 19.3 Å². The monoisotopic (exact) mass is 201 g/mol. The molecular formula is C12H24FN. The van der Waals surface area contributed by atoms with Crippen LogP contribution in [-0.2, 0) is 0 Å². The van der Waals surface area contributed by atoms with Crippen molar-refractivity contribution in [1.82, 2.24) is 0 Å². The predicted octanol–water partition coefficient (Wildman–Crippen LogP) is 3.28. The van der Waals surface area contributed by atoms with Gasteiger partial charge < -0.3 is 5.73 Å². The van der Waals surface area contributed by atoms with Crippen molar-refractivity contribution in [3.8, 4) is 0 Å². The molecule has 0 aliphatic heterocycles. The maximum Gasteiger partial charge on any atom is 0.113 e. The molecule has 1 saturated carbocycles. The maximum atomic E-state index is 14.4. The summed E-state index contributed by atoms with van der Waals surface area (Å²) < 4.78 is 14.4. The second-order valence-electron chi connectivity index (χ2n) is 5.40. The van der Waals surface area contributed by atoms with Crippen molar-refractivity contribution in [2.45, 2.75) is 64.6 Å². The molecule has 14 heavy (non-hydrogen) atoms. The van der Waals surface area contributed by atoms with Crippen molar-refractivity contribution >= 4 is 0 Å². The number of nitrogens with two attached hydrogens (primary N) is 1. The summed E-state index contributed by atoms with van der Waals surface area (Å²) in [6, 6.07) is 0.241. The van der Waals surface area contributed by atoms with E-state index >= 15 is 0 Å². The minimum atomic E-state index is -0.930. The van der Waals surface area contributed by atoms with E-state index in [1.165, 1.54) is 0 Å². The first kappa shape index (κ1) is 12.0. The lowest BCUT2D eigenvalue weighted by atomic mass is 9.74. The molecule has 2 N–H and O–H groups in total. The smallest absolute Gasteiger partial charge is 0.113 e. The number of rotatable bonds is 3. The molecule has 0 saturated heterocycles. The highest BCUT2D eigenvalue weighted by molar-refractivity contribution is 4.91. The zero-order valence-corrected chi connectivity index (χ0v) is 9.72. The lowest BCUT2D eigenvalue weighted by Crippen LogP contribution is -2.40. The summed E-state index contributed by atoms with van der Waals surface area (Å²) in [4.78, 5) is 0. The van der Waals surface area contributed by atoms with Gasteiger partial charge in [-0.05, 0) is 43.9 Å². The third kappa shape index (κ3) is 2.94. The van der Waals surface area contributed by atoms with E-state index < -0.39 is 5.67 Å². The van der Waals surface area contributed by atoms with Gasteiger partial charge in [0.15, 0.2) is 0 Å². The van der Waals surface area contributed by atoms with Crippen LogP contribution in [0.4, 0.5) is 4.39 Å². The summed E-state index contributed by atoms with van der Waals surface area (Å²) in [6.07, 6.45) is 4.05. The molecule has 0 bridgehead atoms. The van der Waals surface area contributed by atoms with Crippen molar-refractivity contribution in [1.29, 1.82) is 0 Å². The zero-order valence-electron chi connectivity index (χ0n) is 9.72. The Kier molecular flexibility index (Phi) is 3.94. The Morgan fingerprint density at radius 3 is 2.21 bits per heavy atom. The lowest BCUT2D eigenvalue weighted by Gasteiger charge is -2.37. The number of alkyl halides is 1. The number of hydrogen-bond donors (Lipinski definition) is 1. The van der Waals surface area contributed by atoms with Crippen LogP contribution in [0, 0.1) is 11.8 Å². The average Bonchev–Trinajstić information content (AvgIpc) is 2.09. The lowest BCUT2D eigenvalue weighted by molar-refractivity contribution is 0.0316. The van der Waals surface area contributed by atoms with Gasteiger partial charge in [0.05, 0.1) is 0 Å². The van der Waals surface area contributed by atoms with Crippen molar-refractivity contribution in [3.63, 3.8) is 0 Å². The largest absolute Gasteiger partial charge is 0.328 e. The molecule has 84 valence electrons. The Morgan fingerprint density at radius 2 is 1.79 bits per heavy atom. The van der Waals surface area contributed by atoms with Gasteiger partial charge in [0.1, 0.15) is 5.67 Å². The molecule has 0 aromatic heterocycles. The SMILES string of the molecule is CC(C)CC(C)C1(F)CCC(N)CC1. The fraction of sp³-hybridized carbons (Fsp3) is 1.00. The first-order valence-corrected chi connectivity index (χ1v) is 5.88. The van der Waals surface area contributed by atoms with Gasteiger partial charge in [-0.3, -0.25) is 0 Å². The third-order valence-corrected chi connectivity index (χ3v) is 3.57. The fourth-order valence-electron chi connectivity index (χ4n) is 2.53. The Labute approximate surface area is 87.3 Å². The summed E-state index contributed by atoms with van der Waals surface area (Å²) in [7, 11) is 0. The van der Waals surface area contributed by atoms with Crippen molar-refractivity contribution < 1.29 is 4.39 Å². The summed E-state index contributed by atoms with van der Waals surface area (Å²) in [5.74, 6) is 0.781. The van der Waals surface area contributed by atoms with Gasteiger partial charge >= 0.3 is 0 Å². The predicted molar refractivity (Wildman–Crippen MR) is 58.9 cm³/mol. The van der Waals surface area contributed by atoms with Gasteiger partial charge in [-0.2, -0.15) is 0 Å². The van der Waals surface area contributed by atoms with Crippen LogP contribution in [0.1, 0.15) is 52.9 Å². The van der Waals surface area contributed by atoms with Crippen LogP contribution >= 0.6 is 0 Å². The van der Waals surface area contributed by atoms with E-state index in [1.807, 2.05) is 0 Å². The van der Waals surface area contributed by atoms with Crippen LogP contribution in [0.3, 0.4) is 0 Å². The normalized spacial score (nSPS) is 36.0. The molecule has 0 spiro atoms. The minimum Gasteiger partial charge on any atom is -0.328 e. The zero-order chi connectivity index (χ0) is 10.8. The van der Waals surface area contributed by atoms with E-state index in [-0.39, 0.29) is 12.0 Å². The molecule has 0 amide bonds. The first-order valence-electron chi connectivity index (χ1n) is 5.88. The maximum absolute atomic E-state index is 14.4. The van der Waals surface area contributed by atoms with E-state index in [2.05, 4.69) is 20.8 Å². The minimum absolute atomic E-state index is 0.190. The highest BCUT2D eigenvalue weighted by Crippen LogP contribution is 2.40. The van der Waals surface area contributed by atoms with Gasteiger partial charge in [-0.25, -0.2) is 4.39 Å². The summed E-state index contributed by atoms with van der Waals surface area (Å²) in [6.45, 7) is 6.37. The molecule has 0 aromatic rings. The van der Waals surface area contributed by atoms with Crippen LogP contribution < -0.4 is 5.73 Å². The topological polar surface area (TPSA) is 26.0 Å². The highest BCUT2D eigenvalue weighted by Gasteiger charge is 2.39. The van der Waals surface area contributed by atoms with Crippen LogP contribution in [0.25, 0.3) is 0 Å². The van der Waals surface area contributed by atoms with E-state index in [9.17, 15) is 4.39 Å². The molecule has 1 atom stereocenters. The van der Waals surface area contributed by atoms with E-state index in [0.29, 0.717) is 18.8 Å². The second-order valence-corrected chi connectivity index (χ2v) is 5.40. The van der Waals surface area contributed by atoms with Crippen LogP contribution in [0.5, 0.6) is 0 Å². The molecule has 1 aliphatic rings. The first-order chi connectivity index (χ1) is 6.44. The molecule has 1 nitrogen and oxygen atoms in total. The molecule has 0 aromatic carbocycles. The Morgan fingerprint density at radius 1 is 1.29 bits per heavy atom. The van der Waals surface area contributed by atoms with Gasteiger partial charge in [-0.1, -0.05) is 20.8 Å². The number of halogens is 1. The van der Waals surface area contributed by atoms with Gasteiger partial charge in [0, 0.05) is 6.04 Å². The quantitative estimate of drug-likeness (QED) is 0.745. The second kappa shape index (κ2) is 4.61. The molecule has 1 aliphatic carbocycles. The molecule has 1 rings (SSSR count). The summed E-state index contributed by atoms with van der Waals surface area (Å²) in [5.41, 5.74) is 4.86. The van der Waals surface area contributed by atoms with Crippen molar-refractivity contribution in [3.05, 3.63) is 0 Å². The average molecular weight is 201 g/mol. The molecule has 0 heterocycles. The molecular weight excluding hydrogens is 177 g/mol. The Bertz CT molecular complexity index is 171. The molecule has 2 heteroatoms. The standard InChI is InChI=1S/C12H24FN/c1-9(2)8-10(3)12(13)6-4-11(14)5-7-12/h9-11H,4-8,14H2,1-3H3. The Hall–Kier alpha value is -0.110.